The number of hydrogen-bond acceptors (Lipinski definition) is 4. The highest BCUT2D eigenvalue weighted by atomic mass is 32.1. The van der Waals surface area contributed by atoms with E-state index in [-0.39, 0.29) is 5.91 Å². The first-order chi connectivity index (χ1) is 14.6. The third kappa shape index (κ3) is 4.66. The van der Waals surface area contributed by atoms with Crippen molar-refractivity contribution in [3.8, 4) is 10.6 Å². The van der Waals surface area contributed by atoms with E-state index in [0.29, 0.717) is 11.4 Å². The number of amides is 1. The van der Waals surface area contributed by atoms with Crippen molar-refractivity contribution in [3.63, 3.8) is 0 Å². The molecular weight excluding hydrogens is 392 g/mol. The Balaban J connectivity index is 1.38. The Bertz CT molecular complexity index is 1110. The van der Waals surface area contributed by atoms with Crippen molar-refractivity contribution in [2.75, 3.05) is 0 Å². The lowest BCUT2D eigenvalue weighted by molar-refractivity contribution is 0.0954. The highest BCUT2D eigenvalue weighted by Crippen LogP contribution is 2.28. The summed E-state index contributed by atoms with van der Waals surface area (Å²) >= 11 is 1.44. The minimum atomic E-state index is -0.0797. The van der Waals surface area contributed by atoms with Crippen molar-refractivity contribution in [3.05, 3.63) is 94.5 Å². The molecule has 2 aromatic carbocycles. The van der Waals surface area contributed by atoms with Crippen LogP contribution in [0.5, 0.6) is 0 Å². The molecule has 1 amide bonds. The van der Waals surface area contributed by atoms with Crippen LogP contribution in [-0.2, 0) is 19.5 Å². The first-order valence-corrected chi connectivity index (χ1v) is 10.8. The van der Waals surface area contributed by atoms with Gasteiger partial charge >= 0.3 is 0 Å². The SMILES string of the molecule is CCc1ccc(-c2nc(C)c(C(=O)NCc3ccc(Cn4ccnc4)cc3)s2)cc1. The number of imidazole rings is 1. The molecule has 0 radical (unpaired) electrons. The second-order valence-corrected chi connectivity index (χ2v) is 8.22. The Morgan fingerprint density at radius 3 is 2.40 bits per heavy atom. The van der Waals surface area contributed by atoms with Crippen molar-refractivity contribution in [1.29, 1.82) is 0 Å². The van der Waals surface area contributed by atoms with Crippen LogP contribution in [0.25, 0.3) is 10.6 Å². The van der Waals surface area contributed by atoms with E-state index < -0.39 is 0 Å². The smallest absolute Gasteiger partial charge is 0.263 e. The summed E-state index contributed by atoms with van der Waals surface area (Å²) in [5.41, 5.74) is 5.37. The van der Waals surface area contributed by atoms with Gasteiger partial charge in [-0.1, -0.05) is 55.5 Å². The van der Waals surface area contributed by atoms with Gasteiger partial charge in [-0.3, -0.25) is 4.79 Å². The minimum Gasteiger partial charge on any atom is -0.347 e. The van der Waals surface area contributed by atoms with Crippen molar-refractivity contribution in [2.24, 2.45) is 0 Å². The molecule has 152 valence electrons. The Kier molecular flexibility index (Phi) is 6.05. The first kappa shape index (κ1) is 20.0. The number of nitrogens with one attached hydrogen (secondary N) is 1. The monoisotopic (exact) mass is 416 g/mol. The predicted octanol–water partition coefficient (Wildman–Crippen LogP) is 4.86. The summed E-state index contributed by atoms with van der Waals surface area (Å²) in [5, 5.41) is 3.90. The summed E-state index contributed by atoms with van der Waals surface area (Å²) in [5.74, 6) is -0.0797. The van der Waals surface area contributed by atoms with Gasteiger partial charge in [-0.2, -0.15) is 0 Å². The van der Waals surface area contributed by atoms with Gasteiger partial charge in [0, 0.05) is 31.0 Å². The minimum absolute atomic E-state index is 0.0797. The second kappa shape index (κ2) is 9.05. The maximum Gasteiger partial charge on any atom is 0.263 e. The summed E-state index contributed by atoms with van der Waals surface area (Å²) in [6.45, 7) is 5.30. The number of carbonyl (C=O) groups is 1. The van der Waals surface area contributed by atoms with Crippen LogP contribution < -0.4 is 5.32 Å². The third-order valence-electron chi connectivity index (χ3n) is 5.01. The molecule has 0 saturated heterocycles. The molecule has 0 aliphatic carbocycles. The van der Waals surface area contributed by atoms with E-state index in [2.05, 4.69) is 58.6 Å². The molecule has 4 aromatic rings. The topological polar surface area (TPSA) is 59.8 Å². The summed E-state index contributed by atoms with van der Waals surface area (Å²) in [4.78, 5) is 22.0. The van der Waals surface area contributed by atoms with Crippen LogP contribution >= 0.6 is 11.3 Å². The van der Waals surface area contributed by atoms with Gasteiger partial charge < -0.3 is 9.88 Å². The first-order valence-electron chi connectivity index (χ1n) is 10.0. The van der Waals surface area contributed by atoms with Crippen LogP contribution in [0.4, 0.5) is 0 Å². The fraction of sp³-hybridized carbons (Fsp3) is 0.208. The lowest BCUT2D eigenvalue weighted by Crippen LogP contribution is -2.22. The highest BCUT2D eigenvalue weighted by molar-refractivity contribution is 7.17. The molecular formula is C24H24N4OS. The van der Waals surface area contributed by atoms with E-state index >= 15 is 0 Å². The maximum absolute atomic E-state index is 12.7. The predicted molar refractivity (Wildman–Crippen MR) is 121 cm³/mol. The van der Waals surface area contributed by atoms with E-state index in [9.17, 15) is 4.79 Å². The van der Waals surface area contributed by atoms with Gasteiger partial charge in [-0.15, -0.1) is 11.3 Å². The van der Waals surface area contributed by atoms with Crippen LogP contribution in [0.1, 0.15) is 39.0 Å². The van der Waals surface area contributed by atoms with Gasteiger partial charge in [-0.25, -0.2) is 9.97 Å². The normalized spacial score (nSPS) is 10.9. The number of nitrogens with zero attached hydrogens (tertiary/aromatic N) is 3. The molecule has 6 heteroatoms. The zero-order valence-corrected chi connectivity index (χ0v) is 17.9. The Labute approximate surface area is 180 Å². The quantitative estimate of drug-likeness (QED) is 0.468. The Morgan fingerprint density at radius 2 is 1.73 bits per heavy atom. The molecule has 0 aliphatic heterocycles. The highest BCUT2D eigenvalue weighted by Gasteiger charge is 2.16. The number of rotatable bonds is 7. The lowest BCUT2D eigenvalue weighted by Gasteiger charge is -2.07. The number of aryl methyl sites for hydroxylation is 2. The molecule has 2 aromatic heterocycles. The number of carbonyl (C=O) groups excluding carboxylic acids is 1. The van der Waals surface area contributed by atoms with Gasteiger partial charge in [0.2, 0.25) is 0 Å². The van der Waals surface area contributed by atoms with Crippen LogP contribution in [0.2, 0.25) is 0 Å². The molecule has 4 rings (SSSR count). The summed E-state index contributed by atoms with van der Waals surface area (Å²) in [6.07, 6.45) is 6.53. The zero-order chi connectivity index (χ0) is 20.9. The summed E-state index contributed by atoms with van der Waals surface area (Å²) in [7, 11) is 0. The van der Waals surface area contributed by atoms with E-state index in [1.165, 1.54) is 22.5 Å². The molecule has 0 bridgehead atoms. The average Bonchev–Trinajstić information content (AvgIpc) is 3.43. The fourth-order valence-corrected chi connectivity index (χ4v) is 4.22. The van der Waals surface area contributed by atoms with Crippen LogP contribution in [0.15, 0.2) is 67.3 Å². The molecule has 0 fully saturated rings. The average molecular weight is 417 g/mol. The molecule has 0 aliphatic rings. The molecule has 0 atom stereocenters. The molecule has 5 nitrogen and oxygen atoms in total. The molecule has 0 unspecified atom stereocenters. The summed E-state index contributed by atoms with van der Waals surface area (Å²) in [6, 6.07) is 16.6. The van der Waals surface area contributed by atoms with E-state index in [1.54, 1.807) is 12.5 Å². The van der Waals surface area contributed by atoms with Gasteiger partial charge in [0.1, 0.15) is 9.88 Å². The Morgan fingerprint density at radius 1 is 1.03 bits per heavy atom. The molecule has 0 saturated carbocycles. The van der Waals surface area contributed by atoms with Crippen LogP contribution in [0.3, 0.4) is 0 Å². The van der Waals surface area contributed by atoms with Gasteiger partial charge in [0.05, 0.1) is 12.0 Å². The van der Waals surface area contributed by atoms with Crippen molar-refractivity contribution in [2.45, 2.75) is 33.4 Å². The van der Waals surface area contributed by atoms with E-state index in [0.717, 1.165) is 34.8 Å². The molecule has 1 N–H and O–H groups in total. The number of thiazole rings is 1. The van der Waals surface area contributed by atoms with E-state index in [4.69, 9.17) is 0 Å². The fourth-order valence-electron chi connectivity index (χ4n) is 3.23. The van der Waals surface area contributed by atoms with Gasteiger partial charge in [-0.05, 0) is 30.0 Å². The number of hydrogen-bond donors (Lipinski definition) is 1. The van der Waals surface area contributed by atoms with Crippen molar-refractivity contribution in [1.82, 2.24) is 19.9 Å². The Hall–Kier alpha value is -3.25. The van der Waals surface area contributed by atoms with E-state index in [1.807, 2.05) is 29.8 Å². The van der Waals surface area contributed by atoms with Crippen LogP contribution in [-0.4, -0.2) is 20.4 Å². The zero-order valence-electron chi connectivity index (χ0n) is 17.1. The molecule has 0 spiro atoms. The number of benzene rings is 2. The largest absolute Gasteiger partial charge is 0.347 e. The third-order valence-corrected chi connectivity index (χ3v) is 6.22. The second-order valence-electron chi connectivity index (χ2n) is 7.22. The van der Waals surface area contributed by atoms with Crippen molar-refractivity contribution >= 4 is 17.2 Å². The van der Waals surface area contributed by atoms with Crippen LogP contribution in [0, 0.1) is 6.92 Å². The molecule has 30 heavy (non-hydrogen) atoms. The standard InChI is InChI=1S/C24H24N4OS/c1-3-18-8-10-21(11-9-18)24-27-17(2)22(30-24)23(29)26-14-19-4-6-20(7-5-19)15-28-13-12-25-16-28/h4-13,16H,3,14-15H2,1-2H3,(H,26,29). The molecule has 2 heterocycles. The van der Waals surface area contributed by atoms with Gasteiger partial charge in [0.25, 0.3) is 5.91 Å². The van der Waals surface area contributed by atoms with Gasteiger partial charge in [0.15, 0.2) is 0 Å². The number of aromatic nitrogens is 3. The maximum atomic E-state index is 12.7. The summed E-state index contributed by atoms with van der Waals surface area (Å²) < 4.78 is 2.02. The van der Waals surface area contributed by atoms with Crippen molar-refractivity contribution < 1.29 is 4.79 Å². The lowest BCUT2D eigenvalue weighted by atomic mass is 10.1.